The van der Waals surface area contributed by atoms with Crippen molar-refractivity contribution in [1.29, 1.82) is 0 Å². The number of piperazine rings is 1. The van der Waals surface area contributed by atoms with Gasteiger partial charge in [-0.05, 0) is 17.7 Å². The third-order valence-electron chi connectivity index (χ3n) is 3.43. The van der Waals surface area contributed by atoms with E-state index in [9.17, 15) is 9.18 Å². The molecular formula is C14H19FN2O2. The fraction of sp³-hybridized carbons (Fsp3) is 0.500. The lowest BCUT2D eigenvalue weighted by Gasteiger charge is -2.34. The summed E-state index contributed by atoms with van der Waals surface area (Å²) in [7, 11) is 0. The molecule has 5 heteroatoms. The molecule has 1 aromatic carbocycles. The van der Waals surface area contributed by atoms with Crippen LogP contribution in [0.25, 0.3) is 0 Å². The minimum Gasteiger partial charge on any atom is -0.481 e. The second kappa shape index (κ2) is 6.63. The van der Waals surface area contributed by atoms with Crippen molar-refractivity contribution in [3.63, 3.8) is 0 Å². The third-order valence-corrected chi connectivity index (χ3v) is 3.43. The van der Waals surface area contributed by atoms with Gasteiger partial charge in [-0.3, -0.25) is 9.69 Å². The van der Waals surface area contributed by atoms with Gasteiger partial charge in [-0.15, -0.1) is 0 Å². The fourth-order valence-corrected chi connectivity index (χ4v) is 2.27. The molecule has 19 heavy (non-hydrogen) atoms. The van der Waals surface area contributed by atoms with Gasteiger partial charge in [0.05, 0.1) is 6.42 Å². The number of hydrogen-bond donors (Lipinski definition) is 1. The predicted molar refractivity (Wildman–Crippen MR) is 70.4 cm³/mol. The van der Waals surface area contributed by atoms with Gasteiger partial charge >= 0.3 is 5.97 Å². The van der Waals surface area contributed by atoms with Gasteiger partial charge in [0.2, 0.25) is 0 Å². The van der Waals surface area contributed by atoms with Crippen molar-refractivity contribution in [2.45, 2.75) is 13.0 Å². The zero-order valence-electron chi connectivity index (χ0n) is 10.9. The van der Waals surface area contributed by atoms with Crippen molar-refractivity contribution in [3.8, 4) is 0 Å². The SMILES string of the molecule is O=C(O)CCN1CCN(Cc2ccc(F)cc2)CC1. The molecule has 0 radical (unpaired) electrons. The van der Waals surface area contributed by atoms with Gasteiger partial charge in [-0.2, -0.15) is 0 Å². The normalized spacial score (nSPS) is 17.5. The van der Waals surface area contributed by atoms with Gasteiger partial charge in [0.15, 0.2) is 0 Å². The number of hydrogen-bond acceptors (Lipinski definition) is 3. The summed E-state index contributed by atoms with van der Waals surface area (Å²) in [5, 5.41) is 8.65. The van der Waals surface area contributed by atoms with E-state index in [0.29, 0.717) is 6.54 Å². The van der Waals surface area contributed by atoms with E-state index in [0.717, 1.165) is 38.3 Å². The molecule has 0 aromatic heterocycles. The van der Waals surface area contributed by atoms with Crippen LogP contribution in [-0.2, 0) is 11.3 Å². The second-order valence-corrected chi connectivity index (χ2v) is 4.89. The van der Waals surface area contributed by atoms with Crippen molar-refractivity contribution in [2.24, 2.45) is 0 Å². The second-order valence-electron chi connectivity index (χ2n) is 4.89. The molecule has 0 aliphatic carbocycles. The van der Waals surface area contributed by atoms with Gasteiger partial charge in [-0.1, -0.05) is 12.1 Å². The van der Waals surface area contributed by atoms with Crippen LogP contribution in [0.5, 0.6) is 0 Å². The summed E-state index contributed by atoms with van der Waals surface area (Å²) in [6.07, 6.45) is 0.206. The lowest BCUT2D eigenvalue weighted by Crippen LogP contribution is -2.46. The number of nitrogens with zero attached hydrogens (tertiary/aromatic N) is 2. The Morgan fingerprint density at radius 3 is 2.26 bits per heavy atom. The van der Waals surface area contributed by atoms with E-state index >= 15 is 0 Å². The maximum Gasteiger partial charge on any atom is 0.304 e. The van der Waals surface area contributed by atoms with E-state index in [1.807, 2.05) is 12.1 Å². The molecule has 104 valence electrons. The van der Waals surface area contributed by atoms with Gasteiger partial charge in [0.1, 0.15) is 5.82 Å². The van der Waals surface area contributed by atoms with Crippen LogP contribution in [0.15, 0.2) is 24.3 Å². The van der Waals surface area contributed by atoms with E-state index in [-0.39, 0.29) is 12.2 Å². The maximum atomic E-state index is 12.8. The van der Waals surface area contributed by atoms with Crippen LogP contribution in [-0.4, -0.2) is 53.6 Å². The first-order chi connectivity index (χ1) is 9.13. The van der Waals surface area contributed by atoms with Gasteiger partial charge in [-0.25, -0.2) is 4.39 Å². The summed E-state index contributed by atoms with van der Waals surface area (Å²) in [5.41, 5.74) is 1.11. The number of carboxylic acid groups (broad SMARTS) is 1. The largest absolute Gasteiger partial charge is 0.481 e. The quantitative estimate of drug-likeness (QED) is 0.875. The molecule has 1 heterocycles. The smallest absolute Gasteiger partial charge is 0.304 e. The number of halogens is 1. The molecule has 1 fully saturated rings. The first kappa shape index (κ1) is 14.0. The summed E-state index contributed by atoms with van der Waals surface area (Å²) in [4.78, 5) is 15.0. The Hall–Kier alpha value is -1.46. The van der Waals surface area contributed by atoms with E-state index in [2.05, 4.69) is 9.80 Å². The molecule has 0 spiro atoms. The Bertz CT molecular complexity index is 414. The minimum absolute atomic E-state index is 0.206. The number of rotatable bonds is 5. The lowest BCUT2D eigenvalue weighted by molar-refractivity contribution is -0.137. The van der Waals surface area contributed by atoms with Crippen LogP contribution in [0.4, 0.5) is 4.39 Å². The molecule has 1 aliphatic heterocycles. The molecule has 0 unspecified atom stereocenters. The number of carbonyl (C=O) groups is 1. The Balaban J connectivity index is 1.74. The van der Waals surface area contributed by atoms with E-state index in [1.165, 1.54) is 12.1 Å². The molecule has 1 N–H and O–H groups in total. The van der Waals surface area contributed by atoms with E-state index < -0.39 is 5.97 Å². The zero-order valence-corrected chi connectivity index (χ0v) is 10.9. The fourth-order valence-electron chi connectivity index (χ4n) is 2.27. The molecule has 1 aromatic rings. The van der Waals surface area contributed by atoms with Crippen LogP contribution in [0.1, 0.15) is 12.0 Å². The summed E-state index contributed by atoms with van der Waals surface area (Å²) < 4.78 is 12.8. The highest BCUT2D eigenvalue weighted by Crippen LogP contribution is 2.09. The van der Waals surface area contributed by atoms with Crippen molar-refractivity contribution in [1.82, 2.24) is 9.80 Å². The number of carboxylic acids is 1. The molecular weight excluding hydrogens is 247 g/mol. The van der Waals surface area contributed by atoms with E-state index in [4.69, 9.17) is 5.11 Å². The van der Waals surface area contributed by atoms with Crippen molar-refractivity contribution < 1.29 is 14.3 Å². The zero-order chi connectivity index (χ0) is 13.7. The Morgan fingerprint density at radius 1 is 1.11 bits per heavy atom. The Kier molecular flexibility index (Phi) is 4.87. The van der Waals surface area contributed by atoms with Crippen LogP contribution in [0.3, 0.4) is 0 Å². The standard InChI is InChI=1S/C14H19FN2O2/c15-13-3-1-12(2-4-13)11-17-9-7-16(8-10-17)6-5-14(18)19/h1-4H,5-11H2,(H,18,19). The van der Waals surface area contributed by atoms with Gasteiger partial charge in [0.25, 0.3) is 0 Å². The molecule has 0 saturated carbocycles. The summed E-state index contributed by atoms with van der Waals surface area (Å²) >= 11 is 0. The Labute approximate surface area is 112 Å². The highest BCUT2D eigenvalue weighted by atomic mass is 19.1. The molecule has 2 rings (SSSR count). The predicted octanol–water partition coefficient (Wildman–Crippen LogP) is 1.42. The lowest BCUT2D eigenvalue weighted by atomic mass is 10.2. The molecule has 0 amide bonds. The molecule has 0 atom stereocenters. The van der Waals surface area contributed by atoms with Crippen LogP contribution >= 0.6 is 0 Å². The first-order valence-electron chi connectivity index (χ1n) is 6.54. The van der Waals surface area contributed by atoms with E-state index in [1.54, 1.807) is 0 Å². The van der Waals surface area contributed by atoms with Gasteiger partial charge in [0, 0.05) is 39.3 Å². The van der Waals surface area contributed by atoms with Crippen molar-refractivity contribution in [3.05, 3.63) is 35.6 Å². The topological polar surface area (TPSA) is 43.8 Å². The van der Waals surface area contributed by atoms with Crippen LogP contribution < -0.4 is 0 Å². The average molecular weight is 266 g/mol. The Morgan fingerprint density at radius 2 is 1.68 bits per heavy atom. The van der Waals surface area contributed by atoms with Crippen molar-refractivity contribution in [2.75, 3.05) is 32.7 Å². The molecule has 4 nitrogen and oxygen atoms in total. The molecule has 0 bridgehead atoms. The first-order valence-corrected chi connectivity index (χ1v) is 6.54. The molecule has 1 saturated heterocycles. The minimum atomic E-state index is -0.742. The number of aliphatic carboxylic acids is 1. The summed E-state index contributed by atoms with van der Waals surface area (Å²) in [5.74, 6) is -0.948. The average Bonchev–Trinajstić information content (AvgIpc) is 2.40. The monoisotopic (exact) mass is 266 g/mol. The summed E-state index contributed by atoms with van der Waals surface area (Å²) in [6.45, 7) is 5.10. The van der Waals surface area contributed by atoms with Crippen molar-refractivity contribution >= 4 is 5.97 Å². The molecule has 1 aliphatic rings. The van der Waals surface area contributed by atoms with Crippen LogP contribution in [0, 0.1) is 5.82 Å². The third kappa shape index (κ3) is 4.61. The maximum absolute atomic E-state index is 12.8. The number of benzene rings is 1. The van der Waals surface area contributed by atoms with Crippen LogP contribution in [0.2, 0.25) is 0 Å². The van der Waals surface area contributed by atoms with Gasteiger partial charge < -0.3 is 10.0 Å². The highest BCUT2D eigenvalue weighted by Gasteiger charge is 2.17. The highest BCUT2D eigenvalue weighted by molar-refractivity contribution is 5.66. The summed E-state index contributed by atoms with van der Waals surface area (Å²) in [6, 6.07) is 6.59.